The second-order valence-electron chi connectivity index (χ2n) is 6.21. The maximum absolute atomic E-state index is 14.7. The van der Waals surface area contributed by atoms with Gasteiger partial charge in [0.25, 0.3) is 5.91 Å². The van der Waals surface area contributed by atoms with Gasteiger partial charge in [0.1, 0.15) is 16.7 Å². The largest absolute Gasteiger partial charge is 0.507 e. The van der Waals surface area contributed by atoms with Gasteiger partial charge >= 0.3 is 0 Å². The van der Waals surface area contributed by atoms with E-state index in [1.165, 1.54) is 13.1 Å². The summed E-state index contributed by atoms with van der Waals surface area (Å²) in [7, 11) is 0. The highest BCUT2D eigenvalue weighted by Crippen LogP contribution is 2.30. The predicted octanol–water partition coefficient (Wildman–Crippen LogP) is 3.02. The van der Waals surface area contributed by atoms with E-state index in [2.05, 4.69) is 21.9 Å². The minimum atomic E-state index is -0.900. The van der Waals surface area contributed by atoms with Crippen LogP contribution in [0.1, 0.15) is 41.7 Å². The number of aliphatic hydroxyl groups excluding tert-OH is 1. The lowest BCUT2D eigenvalue weighted by molar-refractivity contribution is 0.0963. The van der Waals surface area contributed by atoms with Crippen molar-refractivity contribution < 1.29 is 19.4 Å². The molecule has 0 aliphatic carbocycles. The first kappa shape index (κ1) is 21.3. The zero-order valence-corrected chi connectivity index (χ0v) is 16.3. The zero-order chi connectivity index (χ0) is 21.2. The summed E-state index contributed by atoms with van der Waals surface area (Å²) in [4.78, 5) is 20.7. The average molecular weight is 407 g/mol. The Labute approximate surface area is 166 Å². The van der Waals surface area contributed by atoms with Gasteiger partial charge in [0.15, 0.2) is 0 Å². The molecule has 7 nitrogen and oxygen atoms in total. The minimum absolute atomic E-state index is 0.0709. The molecule has 5 N–H and O–H groups in total. The van der Waals surface area contributed by atoms with Gasteiger partial charge < -0.3 is 21.3 Å². The van der Waals surface area contributed by atoms with Gasteiger partial charge in [0.05, 0.1) is 40.6 Å². The summed E-state index contributed by atoms with van der Waals surface area (Å²) in [5.74, 6) is -2.11. The number of aryl methyl sites for hydroxylation is 1. The molecule has 0 spiro atoms. The van der Waals surface area contributed by atoms with Crippen molar-refractivity contribution >= 4 is 17.5 Å². The summed E-state index contributed by atoms with van der Waals surface area (Å²) in [5, 5.41) is 22.2. The van der Waals surface area contributed by atoms with Crippen molar-refractivity contribution in [2.24, 2.45) is 5.73 Å². The summed E-state index contributed by atoms with van der Waals surface area (Å²) >= 11 is 5.71. The number of aromatic hydroxyl groups is 1. The minimum Gasteiger partial charge on any atom is -0.507 e. The van der Waals surface area contributed by atoms with E-state index in [0.29, 0.717) is 11.3 Å². The third kappa shape index (κ3) is 4.47. The lowest BCUT2D eigenvalue weighted by atomic mass is 10.1. The van der Waals surface area contributed by atoms with Crippen LogP contribution in [0.25, 0.3) is 11.3 Å². The number of nitrogens with two attached hydrogens (primary N) is 1. The number of carbonyl (C=O) groups is 1. The van der Waals surface area contributed by atoms with Gasteiger partial charge in [-0.05, 0) is 38.5 Å². The number of hydrogen-bond donors (Lipinski definition) is 4. The molecule has 1 heterocycles. The molecule has 1 unspecified atom stereocenters. The van der Waals surface area contributed by atoms with Gasteiger partial charge in [-0.3, -0.25) is 9.78 Å². The summed E-state index contributed by atoms with van der Waals surface area (Å²) in [6.07, 6.45) is 0.414. The number of amides is 1. The number of aromatic nitrogens is 2. The summed E-state index contributed by atoms with van der Waals surface area (Å²) in [6, 6.07) is 1.92. The Balaban J connectivity index is 2.46. The molecule has 1 aromatic carbocycles. The molecule has 0 radical (unpaired) electrons. The van der Waals surface area contributed by atoms with Crippen molar-refractivity contribution in [1.82, 2.24) is 15.3 Å². The Kier molecular flexibility index (Phi) is 6.37. The number of phenols is 1. The van der Waals surface area contributed by atoms with E-state index < -0.39 is 23.6 Å². The van der Waals surface area contributed by atoms with Crippen molar-refractivity contribution in [3.8, 4) is 17.0 Å². The molecule has 0 saturated heterocycles. The van der Waals surface area contributed by atoms with Crippen LogP contribution in [0.15, 0.2) is 41.3 Å². The highest BCUT2D eigenvalue weighted by atomic mass is 35.5. The number of phenolic OH excluding ortho intramolecular Hbond substituents is 1. The molecule has 1 aromatic heterocycles. The molecule has 0 bridgehead atoms. The van der Waals surface area contributed by atoms with Crippen LogP contribution in [0.2, 0.25) is 0 Å². The average Bonchev–Trinajstić information content (AvgIpc) is 2.60. The van der Waals surface area contributed by atoms with E-state index in [9.17, 15) is 19.4 Å². The molecule has 2 aromatic rings. The number of halogens is 2. The second kappa shape index (κ2) is 8.37. The van der Waals surface area contributed by atoms with E-state index >= 15 is 0 Å². The molecular formula is C19H20ClFN4O3. The summed E-state index contributed by atoms with van der Waals surface area (Å²) in [6.45, 7) is 8.38. The Morgan fingerprint density at radius 3 is 2.61 bits per heavy atom. The fourth-order valence-corrected chi connectivity index (χ4v) is 2.69. The molecular weight excluding hydrogens is 387 g/mol. The van der Waals surface area contributed by atoms with Gasteiger partial charge in [0.2, 0.25) is 0 Å². The second-order valence-corrected chi connectivity index (χ2v) is 6.62. The predicted molar refractivity (Wildman–Crippen MR) is 104 cm³/mol. The standard InChI is InChI=1S/C19H20ClFN4O3/c1-8(2)16(18(20)22)25-19(28)12-5-13(21)11(6-15(12)27)14-7-23-9(3)17(24-14)10(4)26/h5-7,10,26-27H,1,22H2,2-4H3,(H,25,28)/b18-16+. The number of benzene rings is 1. The van der Waals surface area contributed by atoms with Gasteiger partial charge in [-0.1, -0.05) is 18.2 Å². The SMILES string of the molecule is C=C(C)/C(NC(=O)c1cc(F)c(-c2cnc(C)c(C(C)O)n2)cc1O)=C(\N)Cl. The molecule has 9 heteroatoms. The first-order chi connectivity index (χ1) is 13.0. The van der Waals surface area contributed by atoms with Crippen LogP contribution in [0, 0.1) is 12.7 Å². The summed E-state index contributed by atoms with van der Waals surface area (Å²) in [5.41, 5.74) is 6.43. The van der Waals surface area contributed by atoms with E-state index in [4.69, 9.17) is 17.3 Å². The first-order valence-corrected chi connectivity index (χ1v) is 8.57. The molecule has 2 rings (SSSR count). The zero-order valence-electron chi connectivity index (χ0n) is 15.5. The van der Waals surface area contributed by atoms with E-state index in [-0.39, 0.29) is 33.4 Å². The van der Waals surface area contributed by atoms with E-state index in [1.807, 2.05) is 0 Å². The smallest absolute Gasteiger partial charge is 0.259 e. The highest BCUT2D eigenvalue weighted by Gasteiger charge is 2.20. The number of nitrogens with zero attached hydrogens (tertiary/aromatic N) is 2. The van der Waals surface area contributed by atoms with Crippen molar-refractivity contribution in [2.75, 3.05) is 0 Å². The van der Waals surface area contributed by atoms with Crippen molar-refractivity contribution in [3.05, 3.63) is 64.1 Å². The number of allylic oxidation sites excluding steroid dienone is 1. The fraction of sp³-hybridized carbons (Fsp3) is 0.211. The topological polar surface area (TPSA) is 121 Å². The molecule has 0 saturated carbocycles. The van der Waals surface area contributed by atoms with Crippen molar-refractivity contribution in [1.29, 1.82) is 0 Å². The lowest BCUT2D eigenvalue weighted by Crippen LogP contribution is -2.25. The number of carbonyl (C=O) groups excluding carboxylic acids is 1. The van der Waals surface area contributed by atoms with Crippen LogP contribution < -0.4 is 11.1 Å². The van der Waals surface area contributed by atoms with Crippen LogP contribution in [0.3, 0.4) is 0 Å². The first-order valence-electron chi connectivity index (χ1n) is 8.19. The normalized spacial score (nSPS) is 12.9. The van der Waals surface area contributed by atoms with Crippen LogP contribution >= 0.6 is 11.6 Å². The van der Waals surface area contributed by atoms with Crippen molar-refractivity contribution in [2.45, 2.75) is 26.9 Å². The fourth-order valence-electron chi connectivity index (χ4n) is 2.48. The maximum atomic E-state index is 14.7. The van der Waals surface area contributed by atoms with Gasteiger partial charge in [-0.25, -0.2) is 9.37 Å². The Morgan fingerprint density at radius 2 is 2.07 bits per heavy atom. The van der Waals surface area contributed by atoms with E-state index in [0.717, 1.165) is 12.1 Å². The molecule has 148 valence electrons. The van der Waals surface area contributed by atoms with Crippen LogP contribution in [0.4, 0.5) is 4.39 Å². The number of rotatable bonds is 5. The molecule has 1 amide bonds. The molecule has 0 aliphatic heterocycles. The molecule has 1 atom stereocenters. The van der Waals surface area contributed by atoms with Gasteiger partial charge in [0, 0.05) is 5.56 Å². The van der Waals surface area contributed by atoms with Crippen LogP contribution in [-0.4, -0.2) is 26.1 Å². The molecule has 0 aliphatic rings. The highest BCUT2D eigenvalue weighted by molar-refractivity contribution is 6.29. The van der Waals surface area contributed by atoms with Crippen molar-refractivity contribution in [3.63, 3.8) is 0 Å². The molecule has 28 heavy (non-hydrogen) atoms. The number of nitrogens with one attached hydrogen (secondary N) is 1. The Morgan fingerprint density at radius 1 is 1.43 bits per heavy atom. The van der Waals surface area contributed by atoms with Crippen LogP contribution in [0.5, 0.6) is 5.75 Å². The number of hydrogen-bond acceptors (Lipinski definition) is 6. The number of aliphatic hydroxyl groups is 1. The maximum Gasteiger partial charge on any atom is 0.259 e. The van der Waals surface area contributed by atoms with Gasteiger partial charge in [-0.2, -0.15) is 0 Å². The van der Waals surface area contributed by atoms with Crippen LogP contribution in [-0.2, 0) is 0 Å². The monoisotopic (exact) mass is 406 g/mol. The van der Waals surface area contributed by atoms with Gasteiger partial charge in [-0.15, -0.1) is 0 Å². The lowest BCUT2D eigenvalue weighted by Gasteiger charge is -2.13. The quantitative estimate of drug-likeness (QED) is 0.447. The van der Waals surface area contributed by atoms with E-state index in [1.54, 1.807) is 13.8 Å². The Hall–Kier alpha value is -2.97. The third-order valence-electron chi connectivity index (χ3n) is 3.90. The Bertz CT molecular complexity index is 985. The summed E-state index contributed by atoms with van der Waals surface area (Å²) < 4.78 is 14.7. The molecule has 0 fully saturated rings. The third-order valence-corrected chi connectivity index (χ3v) is 4.09.